The third-order valence-corrected chi connectivity index (χ3v) is 4.07. The van der Waals surface area contributed by atoms with Gasteiger partial charge in [-0.15, -0.1) is 0 Å². The van der Waals surface area contributed by atoms with Crippen molar-refractivity contribution >= 4 is 23.4 Å². The number of halogens is 1. The normalized spacial score (nSPS) is 15.3. The minimum atomic E-state index is -0.151. The van der Waals surface area contributed by atoms with Crippen molar-refractivity contribution in [3.8, 4) is 11.3 Å². The molecule has 1 saturated heterocycles. The van der Waals surface area contributed by atoms with Crippen LogP contribution in [-0.4, -0.2) is 53.3 Å². The van der Waals surface area contributed by atoms with Gasteiger partial charge in [-0.2, -0.15) is 0 Å². The first-order valence-corrected chi connectivity index (χ1v) is 7.40. The van der Waals surface area contributed by atoms with E-state index in [-0.39, 0.29) is 18.4 Å². The quantitative estimate of drug-likeness (QED) is 0.923. The minimum absolute atomic E-state index is 0.0379. The zero-order valence-electron chi connectivity index (χ0n) is 12.2. The van der Waals surface area contributed by atoms with Crippen LogP contribution < -0.4 is 0 Å². The Bertz CT molecular complexity index is 708. The molecule has 1 fully saturated rings. The average molecular weight is 318 g/mol. The Hall–Kier alpha value is -2.27. The third-order valence-electron chi connectivity index (χ3n) is 3.82. The highest BCUT2D eigenvalue weighted by atomic mass is 35.5. The molecule has 1 aliphatic heterocycles. The number of amides is 2. The summed E-state index contributed by atoms with van der Waals surface area (Å²) in [5.74, 6) is -0.189. The van der Waals surface area contributed by atoms with Gasteiger partial charge in [0.1, 0.15) is 12.2 Å². The molecule has 22 heavy (non-hydrogen) atoms. The van der Waals surface area contributed by atoms with Crippen LogP contribution >= 0.6 is 11.6 Å². The Morgan fingerprint density at radius 3 is 2.55 bits per heavy atom. The number of nitrogens with one attached hydrogen (secondary N) is 1. The van der Waals surface area contributed by atoms with Gasteiger partial charge in [0.15, 0.2) is 0 Å². The molecule has 0 radical (unpaired) electrons. The van der Waals surface area contributed by atoms with Crippen LogP contribution in [-0.2, 0) is 4.79 Å². The van der Waals surface area contributed by atoms with E-state index in [2.05, 4.69) is 4.98 Å². The molecule has 2 aromatic rings. The molecule has 0 spiro atoms. The molecule has 1 aromatic carbocycles. The summed E-state index contributed by atoms with van der Waals surface area (Å²) in [6, 6.07) is 11.0. The number of nitrogens with zero attached hydrogens (tertiary/aromatic N) is 2. The molecule has 0 bridgehead atoms. The lowest BCUT2D eigenvalue weighted by atomic mass is 10.2. The van der Waals surface area contributed by atoms with E-state index in [0.29, 0.717) is 23.8 Å². The standard InChI is InChI=1S/C16H16ClN3O2/c1-19-8-9-20(10-15(19)21)16(22)14-7-6-13(18-14)11-2-4-12(17)5-3-11/h2-7,18H,8-10H2,1H3. The highest BCUT2D eigenvalue weighted by molar-refractivity contribution is 6.30. The first-order chi connectivity index (χ1) is 10.5. The molecule has 0 unspecified atom stereocenters. The molecule has 0 aliphatic carbocycles. The van der Waals surface area contributed by atoms with Crippen molar-refractivity contribution in [3.63, 3.8) is 0 Å². The molecule has 6 heteroatoms. The summed E-state index contributed by atoms with van der Waals surface area (Å²) in [7, 11) is 1.75. The van der Waals surface area contributed by atoms with Crippen molar-refractivity contribution in [2.24, 2.45) is 0 Å². The van der Waals surface area contributed by atoms with Crippen molar-refractivity contribution in [2.75, 3.05) is 26.7 Å². The Morgan fingerprint density at radius 2 is 1.86 bits per heavy atom. The zero-order chi connectivity index (χ0) is 15.7. The lowest BCUT2D eigenvalue weighted by molar-refractivity contribution is -0.133. The fourth-order valence-electron chi connectivity index (χ4n) is 2.42. The van der Waals surface area contributed by atoms with E-state index >= 15 is 0 Å². The van der Waals surface area contributed by atoms with Gasteiger partial charge in [-0.3, -0.25) is 9.59 Å². The van der Waals surface area contributed by atoms with Crippen molar-refractivity contribution in [1.82, 2.24) is 14.8 Å². The second kappa shape index (κ2) is 5.85. The number of hydrogen-bond acceptors (Lipinski definition) is 2. The van der Waals surface area contributed by atoms with E-state index in [0.717, 1.165) is 11.3 Å². The molecular formula is C16H16ClN3O2. The summed E-state index contributed by atoms with van der Waals surface area (Å²) in [5, 5.41) is 0.669. The number of carbonyl (C=O) groups is 2. The molecule has 2 amide bonds. The smallest absolute Gasteiger partial charge is 0.270 e. The van der Waals surface area contributed by atoms with Gasteiger partial charge < -0.3 is 14.8 Å². The Kier molecular flexibility index (Phi) is 3.90. The maximum absolute atomic E-state index is 12.5. The van der Waals surface area contributed by atoms with Crippen molar-refractivity contribution in [1.29, 1.82) is 0 Å². The minimum Gasteiger partial charge on any atom is -0.351 e. The van der Waals surface area contributed by atoms with Gasteiger partial charge in [0.2, 0.25) is 5.91 Å². The maximum atomic E-state index is 12.5. The number of H-pyrrole nitrogens is 1. The first-order valence-electron chi connectivity index (χ1n) is 7.03. The summed E-state index contributed by atoms with van der Waals surface area (Å²) in [4.78, 5) is 30.5. The second-order valence-corrected chi connectivity index (χ2v) is 5.77. The number of benzene rings is 1. The molecule has 5 nitrogen and oxygen atoms in total. The van der Waals surface area contributed by atoms with Crippen LogP contribution in [0.25, 0.3) is 11.3 Å². The fraction of sp³-hybridized carbons (Fsp3) is 0.250. The van der Waals surface area contributed by atoms with E-state index in [1.807, 2.05) is 18.2 Å². The molecule has 0 atom stereocenters. The van der Waals surface area contributed by atoms with Gasteiger partial charge >= 0.3 is 0 Å². The van der Waals surface area contributed by atoms with Gasteiger partial charge in [-0.25, -0.2) is 0 Å². The largest absolute Gasteiger partial charge is 0.351 e. The van der Waals surface area contributed by atoms with Crippen LogP contribution in [0.2, 0.25) is 5.02 Å². The van der Waals surface area contributed by atoms with E-state index in [1.54, 1.807) is 35.0 Å². The van der Waals surface area contributed by atoms with E-state index in [1.165, 1.54) is 0 Å². The monoisotopic (exact) mass is 317 g/mol. The molecule has 2 heterocycles. The Labute approximate surface area is 133 Å². The summed E-state index contributed by atoms with van der Waals surface area (Å²) >= 11 is 5.87. The van der Waals surface area contributed by atoms with E-state index in [4.69, 9.17) is 11.6 Å². The summed E-state index contributed by atoms with van der Waals surface area (Å²) in [6.45, 7) is 1.25. The SMILES string of the molecule is CN1CCN(C(=O)c2ccc(-c3ccc(Cl)cc3)[nH]2)CC1=O. The molecule has 1 N–H and O–H groups in total. The number of aromatic nitrogens is 1. The van der Waals surface area contributed by atoms with E-state index in [9.17, 15) is 9.59 Å². The maximum Gasteiger partial charge on any atom is 0.270 e. The van der Waals surface area contributed by atoms with Gasteiger partial charge in [-0.05, 0) is 29.8 Å². The summed E-state index contributed by atoms with van der Waals surface area (Å²) in [6.07, 6.45) is 0. The third kappa shape index (κ3) is 2.85. The number of likely N-dealkylation sites (N-methyl/N-ethyl adjacent to an activating group) is 1. The predicted octanol–water partition coefficient (Wildman–Crippen LogP) is 2.25. The number of carbonyl (C=O) groups excluding carboxylic acids is 2. The van der Waals surface area contributed by atoms with Crippen LogP contribution in [0.1, 0.15) is 10.5 Å². The molecule has 3 rings (SSSR count). The number of rotatable bonds is 2. The van der Waals surface area contributed by atoms with Crippen LogP contribution in [0.4, 0.5) is 0 Å². The lowest BCUT2D eigenvalue weighted by Crippen LogP contribution is -2.50. The van der Waals surface area contributed by atoms with Crippen LogP contribution in [0.3, 0.4) is 0 Å². The molecule has 0 saturated carbocycles. The van der Waals surface area contributed by atoms with Crippen molar-refractivity contribution in [2.45, 2.75) is 0 Å². The number of aromatic amines is 1. The van der Waals surface area contributed by atoms with Crippen molar-refractivity contribution < 1.29 is 9.59 Å². The fourth-order valence-corrected chi connectivity index (χ4v) is 2.55. The topological polar surface area (TPSA) is 56.4 Å². The summed E-state index contributed by atoms with van der Waals surface area (Å²) in [5.41, 5.74) is 2.29. The number of piperazine rings is 1. The van der Waals surface area contributed by atoms with Gasteiger partial charge in [-0.1, -0.05) is 23.7 Å². The lowest BCUT2D eigenvalue weighted by Gasteiger charge is -2.31. The van der Waals surface area contributed by atoms with Crippen molar-refractivity contribution in [3.05, 3.63) is 47.1 Å². The summed E-state index contributed by atoms with van der Waals surface area (Å²) < 4.78 is 0. The van der Waals surface area contributed by atoms with Gasteiger partial charge in [0, 0.05) is 30.9 Å². The van der Waals surface area contributed by atoms with Crippen LogP contribution in [0.15, 0.2) is 36.4 Å². The Balaban J connectivity index is 1.77. The Morgan fingerprint density at radius 1 is 1.14 bits per heavy atom. The van der Waals surface area contributed by atoms with Crippen LogP contribution in [0, 0.1) is 0 Å². The molecule has 114 valence electrons. The second-order valence-electron chi connectivity index (χ2n) is 5.33. The average Bonchev–Trinajstić information content (AvgIpc) is 3.00. The highest BCUT2D eigenvalue weighted by Crippen LogP contribution is 2.21. The van der Waals surface area contributed by atoms with Gasteiger partial charge in [0.25, 0.3) is 5.91 Å². The molecular weight excluding hydrogens is 302 g/mol. The molecule has 1 aliphatic rings. The van der Waals surface area contributed by atoms with E-state index < -0.39 is 0 Å². The van der Waals surface area contributed by atoms with Gasteiger partial charge in [0.05, 0.1) is 0 Å². The first kappa shape index (κ1) is 14.7. The number of hydrogen-bond donors (Lipinski definition) is 1. The van der Waals surface area contributed by atoms with Crippen LogP contribution in [0.5, 0.6) is 0 Å². The highest BCUT2D eigenvalue weighted by Gasteiger charge is 2.26. The predicted molar refractivity (Wildman–Crippen MR) is 84.8 cm³/mol. The zero-order valence-corrected chi connectivity index (χ0v) is 12.9. The molecule has 1 aromatic heterocycles.